The van der Waals surface area contributed by atoms with Gasteiger partial charge in [-0.15, -0.1) is 0 Å². The summed E-state index contributed by atoms with van der Waals surface area (Å²) >= 11 is 0. The molecule has 3 aromatic heterocycles. The van der Waals surface area contributed by atoms with E-state index in [1.165, 1.54) is 12.3 Å². The van der Waals surface area contributed by atoms with Gasteiger partial charge in [0.1, 0.15) is 11.5 Å². The van der Waals surface area contributed by atoms with Gasteiger partial charge in [0.2, 0.25) is 0 Å². The molecule has 0 bridgehead atoms. The Bertz CT molecular complexity index is 892. The van der Waals surface area contributed by atoms with Gasteiger partial charge in [-0.2, -0.15) is 0 Å². The van der Waals surface area contributed by atoms with E-state index in [0.717, 1.165) is 18.8 Å². The van der Waals surface area contributed by atoms with Gasteiger partial charge < -0.3 is 10.6 Å². The van der Waals surface area contributed by atoms with E-state index < -0.39 is 6.43 Å². The second-order valence-corrected chi connectivity index (χ2v) is 6.43. The minimum absolute atomic E-state index is 0.0351. The molecule has 0 aliphatic carbocycles. The molecule has 1 aliphatic rings. The highest BCUT2D eigenvalue weighted by Gasteiger charge is 2.20. The van der Waals surface area contributed by atoms with E-state index in [0.29, 0.717) is 29.1 Å². The summed E-state index contributed by atoms with van der Waals surface area (Å²) in [6.07, 6.45) is 1.61. The minimum Gasteiger partial charge on any atom is -0.366 e. The molecule has 3 aromatic rings. The lowest BCUT2D eigenvalue weighted by Gasteiger charge is -2.13. The smallest absolute Gasteiger partial charge is 0.265 e. The number of pyridine rings is 2. The molecule has 1 saturated heterocycles. The zero-order valence-corrected chi connectivity index (χ0v) is 13.8. The van der Waals surface area contributed by atoms with Crippen molar-refractivity contribution >= 4 is 11.5 Å². The maximum absolute atomic E-state index is 13.0. The highest BCUT2D eigenvalue weighted by atomic mass is 19.3. The van der Waals surface area contributed by atoms with E-state index >= 15 is 0 Å². The van der Waals surface area contributed by atoms with Crippen molar-refractivity contribution in [2.75, 3.05) is 11.9 Å². The molecule has 7 heteroatoms. The van der Waals surface area contributed by atoms with Crippen LogP contribution in [0.5, 0.6) is 0 Å². The lowest BCUT2D eigenvalue weighted by molar-refractivity contribution is 0.151. The number of hydrogen-bond donors (Lipinski definition) is 2. The van der Waals surface area contributed by atoms with Gasteiger partial charge in [-0.3, -0.25) is 4.40 Å². The number of nitrogens with zero attached hydrogens (tertiary/aromatic N) is 3. The molecule has 2 N–H and O–H groups in total. The second kappa shape index (κ2) is 6.40. The Morgan fingerprint density at radius 3 is 2.92 bits per heavy atom. The van der Waals surface area contributed by atoms with Gasteiger partial charge in [-0.1, -0.05) is 6.07 Å². The molecule has 0 radical (unpaired) electrons. The molecule has 0 amide bonds. The van der Waals surface area contributed by atoms with Crippen LogP contribution in [-0.2, 0) is 0 Å². The molecule has 25 heavy (non-hydrogen) atoms. The van der Waals surface area contributed by atoms with Gasteiger partial charge >= 0.3 is 0 Å². The fourth-order valence-corrected chi connectivity index (χ4v) is 3.23. The monoisotopic (exact) mass is 343 g/mol. The van der Waals surface area contributed by atoms with Gasteiger partial charge in [0.15, 0.2) is 0 Å². The largest absolute Gasteiger partial charge is 0.366 e. The van der Waals surface area contributed by atoms with Crippen molar-refractivity contribution in [3.8, 4) is 11.4 Å². The van der Waals surface area contributed by atoms with Crippen LogP contribution >= 0.6 is 0 Å². The van der Waals surface area contributed by atoms with Gasteiger partial charge in [0.25, 0.3) is 6.43 Å². The molecule has 5 nitrogen and oxygen atoms in total. The Labute approximate surface area is 144 Å². The first-order valence-electron chi connectivity index (χ1n) is 8.32. The van der Waals surface area contributed by atoms with Crippen molar-refractivity contribution in [1.29, 1.82) is 0 Å². The summed E-state index contributed by atoms with van der Waals surface area (Å²) in [6, 6.07) is 9.51. The van der Waals surface area contributed by atoms with Crippen molar-refractivity contribution in [3.63, 3.8) is 0 Å². The molecule has 130 valence electrons. The summed E-state index contributed by atoms with van der Waals surface area (Å²) in [7, 11) is 0. The highest BCUT2D eigenvalue weighted by molar-refractivity contribution is 5.62. The van der Waals surface area contributed by atoms with Crippen molar-refractivity contribution in [2.24, 2.45) is 0 Å². The van der Waals surface area contributed by atoms with E-state index in [-0.39, 0.29) is 5.56 Å². The predicted octanol–water partition coefficient (Wildman–Crippen LogP) is 3.50. The summed E-state index contributed by atoms with van der Waals surface area (Å²) in [5.41, 5.74) is 1.97. The summed E-state index contributed by atoms with van der Waals surface area (Å²) in [4.78, 5) is 8.93. The van der Waals surface area contributed by atoms with Crippen molar-refractivity contribution in [2.45, 2.75) is 31.9 Å². The topological polar surface area (TPSA) is 54.2 Å². The van der Waals surface area contributed by atoms with Crippen molar-refractivity contribution < 1.29 is 8.78 Å². The molecule has 0 saturated carbocycles. The molecule has 4 heterocycles. The number of rotatable bonds is 4. The summed E-state index contributed by atoms with van der Waals surface area (Å²) in [6.45, 7) is 3.06. The van der Waals surface area contributed by atoms with Crippen LogP contribution in [0.3, 0.4) is 0 Å². The van der Waals surface area contributed by atoms with Gasteiger partial charge in [0.05, 0.1) is 17.6 Å². The molecule has 0 spiro atoms. The minimum atomic E-state index is -2.52. The molecule has 0 unspecified atom stereocenters. The number of anilines is 1. The average Bonchev–Trinajstić information content (AvgIpc) is 3.20. The summed E-state index contributed by atoms with van der Waals surface area (Å²) in [5, 5.41) is 6.83. The summed E-state index contributed by atoms with van der Waals surface area (Å²) in [5.74, 6) is 0.776. The first-order valence-corrected chi connectivity index (χ1v) is 8.32. The maximum atomic E-state index is 13.0. The number of halogens is 2. The Balaban J connectivity index is 1.66. The number of alkyl halides is 2. The SMILES string of the molecule is C[C@H]1C[C@@H](Nc2cccc(-c3cnc4ccc(C(F)F)cn34)n2)CN1. The van der Waals surface area contributed by atoms with Crippen LogP contribution in [0, 0.1) is 0 Å². The number of aromatic nitrogens is 3. The number of fused-ring (bicyclic) bond motifs is 1. The zero-order chi connectivity index (χ0) is 17.4. The third kappa shape index (κ3) is 3.19. The first kappa shape index (κ1) is 16.0. The summed E-state index contributed by atoms with van der Waals surface area (Å²) < 4.78 is 27.6. The number of hydrogen-bond acceptors (Lipinski definition) is 4. The van der Waals surface area contributed by atoms with Gasteiger partial charge in [-0.05, 0) is 37.6 Å². The van der Waals surface area contributed by atoms with E-state index in [4.69, 9.17) is 0 Å². The standard InChI is InChI=1S/C18H19F2N5/c1-11-7-13(8-21-11)23-16-4-2-3-14(24-16)15-9-22-17-6-5-12(18(19)20)10-25(15)17/h2-6,9-11,13,18,21H,7-8H2,1H3,(H,23,24)/t11-,13+/m0/s1. The van der Waals surface area contributed by atoms with Crippen LogP contribution in [0.25, 0.3) is 17.0 Å². The third-order valence-corrected chi connectivity index (χ3v) is 4.49. The van der Waals surface area contributed by atoms with Crippen molar-refractivity contribution in [1.82, 2.24) is 19.7 Å². The average molecular weight is 343 g/mol. The Hall–Kier alpha value is -2.54. The quantitative estimate of drug-likeness (QED) is 0.761. The predicted molar refractivity (Wildman–Crippen MR) is 92.9 cm³/mol. The third-order valence-electron chi connectivity index (χ3n) is 4.49. The number of nitrogens with one attached hydrogen (secondary N) is 2. The van der Waals surface area contributed by atoms with Crippen LogP contribution < -0.4 is 10.6 Å². The fraction of sp³-hybridized carbons (Fsp3) is 0.333. The lowest BCUT2D eigenvalue weighted by atomic mass is 10.2. The molecule has 1 fully saturated rings. The second-order valence-electron chi connectivity index (χ2n) is 6.43. The van der Waals surface area contributed by atoms with Crippen LogP contribution in [0.2, 0.25) is 0 Å². The van der Waals surface area contributed by atoms with Crippen LogP contribution in [0.4, 0.5) is 14.6 Å². The van der Waals surface area contributed by atoms with Crippen LogP contribution in [0.15, 0.2) is 42.7 Å². The maximum Gasteiger partial charge on any atom is 0.265 e. The molecular weight excluding hydrogens is 324 g/mol. The van der Waals surface area contributed by atoms with E-state index in [9.17, 15) is 8.78 Å². The molecule has 2 atom stereocenters. The fourth-order valence-electron chi connectivity index (χ4n) is 3.23. The lowest BCUT2D eigenvalue weighted by Crippen LogP contribution is -2.23. The van der Waals surface area contributed by atoms with Crippen molar-refractivity contribution in [3.05, 3.63) is 48.3 Å². The normalized spacial score (nSPS) is 20.5. The van der Waals surface area contributed by atoms with E-state index in [2.05, 4.69) is 27.5 Å². The Kier molecular flexibility index (Phi) is 4.09. The van der Waals surface area contributed by atoms with Gasteiger partial charge in [0, 0.05) is 30.4 Å². The molecule has 0 aromatic carbocycles. The number of imidazole rings is 1. The highest BCUT2D eigenvalue weighted by Crippen LogP contribution is 2.25. The zero-order valence-electron chi connectivity index (χ0n) is 13.8. The van der Waals surface area contributed by atoms with Gasteiger partial charge in [-0.25, -0.2) is 18.7 Å². The molecule has 1 aliphatic heterocycles. The molecular formula is C18H19F2N5. The van der Waals surface area contributed by atoms with E-state index in [1.54, 1.807) is 16.7 Å². The first-order chi connectivity index (χ1) is 12.1. The Morgan fingerprint density at radius 1 is 1.28 bits per heavy atom. The Morgan fingerprint density at radius 2 is 2.16 bits per heavy atom. The van der Waals surface area contributed by atoms with Crippen LogP contribution in [-0.4, -0.2) is 33.0 Å². The van der Waals surface area contributed by atoms with Crippen LogP contribution in [0.1, 0.15) is 25.3 Å². The van der Waals surface area contributed by atoms with E-state index in [1.807, 2.05) is 18.2 Å². The molecule has 4 rings (SSSR count).